The van der Waals surface area contributed by atoms with Gasteiger partial charge in [-0.1, -0.05) is 36.7 Å². The van der Waals surface area contributed by atoms with Crippen LogP contribution in [0.4, 0.5) is 5.69 Å². The lowest BCUT2D eigenvalue weighted by molar-refractivity contribution is 0.106. The lowest BCUT2D eigenvalue weighted by Gasteiger charge is -2.37. The highest BCUT2D eigenvalue weighted by atomic mass is 35.5. The Balaban J connectivity index is 2.34. The fraction of sp³-hybridized carbons (Fsp3) is 0.500. The number of nitrogens with zero attached hydrogens (tertiary/aromatic N) is 1. The third-order valence-corrected chi connectivity index (χ3v) is 4.25. The van der Waals surface area contributed by atoms with Gasteiger partial charge in [0.2, 0.25) is 0 Å². The van der Waals surface area contributed by atoms with E-state index in [1.54, 1.807) is 6.07 Å². The first-order chi connectivity index (χ1) is 9.00. The van der Waals surface area contributed by atoms with Crippen molar-refractivity contribution in [2.75, 3.05) is 11.9 Å². The average Bonchev–Trinajstić information content (AvgIpc) is 2.38. The second-order valence-electron chi connectivity index (χ2n) is 5.06. The van der Waals surface area contributed by atoms with Gasteiger partial charge in [0.05, 0.1) is 12.1 Å². The molecule has 1 aromatic carbocycles. The molecule has 0 radical (unpaired) electrons. The normalized spacial score (nSPS) is 23.1. The number of thiocarbonyl (C=S) groups is 1. The van der Waals surface area contributed by atoms with Crippen molar-refractivity contribution in [2.24, 2.45) is 5.73 Å². The summed E-state index contributed by atoms with van der Waals surface area (Å²) in [6, 6.07) is 5.58. The standard InChI is InChI=1S/C14H19ClN2OS/c1-17(11-4-2-3-5-13(11)18)12-8-9(15)6-7-10(12)14(16)19/h6-8,11,13,18H,2-5H2,1H3,(H2,16,19). The predicted octanol–water partition coefficient (Wildman–Crippen LogP) is 2.71. The molecule has 3 nitrogen and oxygen atoms in total. The molecule has 5 heteroatoms. The zero-order valence-corrected chi connectivity index (χ0v) is 12.5. The SMILES string of the molecule is CN(c1cc(Cl)ccc1C(N)=S)C1CCCCC1O. The summed E-state index contributed by atoms with van der Waals surface area (Å²) in [6.45, 7) is 0. The second-order valence-corrected chi connectivity index (χ2v) is 5.93. The molecule has 1 aliphatic carbocycles. The molecule has 2 unspecified atom stereocenters. The maximum atomic E-state index is 10.2. The molecule has 1 aromatic rings. The Bertz CT molecular complexity index is 481. The first kappa shape index (κ1) is 14.6. The number of aliphatic hydroxyl groups is 1. The summed E-state index contributed by atoms with van der Waals surface area (Å²) >= 11 is 11.2. The Hall–Kier alpha value is -0.840. The molecule has 0 aliphatic heterocycles. The Morgan fingerprint density at radius 1 is 1.42 bits per heavy atom. The molecule has 19 heavy (non-hydrogen) atoms. The van der Waals surface area contributed by atoms with E-state index in [0.29, 0.717) is 10.0 Å². The van der Waals surface area contributed by atoms with Crippen molar-refractivity contribution in [3.63, 3.8) is 0 Å². The van der Waals surface area contributed by atoms with Gasteiger partial charge in [-0.3, -0.25) is 0 Å². The molecule has 1 saturated carbocycles. The summed E-state index contributed by atoms with van der Waals surface area (Å²) in [6.07, 6.45) is 3.73. The van der Waals surface area contributed by atoms with Crippen LogP contribution in [0.5, 0.6) is 0 Å². The van der Waals surface area contributed by atoms with Crippen LogP contribution in [0.15, 0.2) is 18.2 Å². The van der Waals surface area contributed by atoms with Crippen molar-refractivity contribution in [1.82, 2.24) is 0 Å². The Kier molecular flexibility index (Phi) is 4.66. The molecule has 3 N–H and O–H groups in total. The lowest BCUT2D eigenvalue weighted by atomic mass is 9.91. The minimum Gasteiger partial charge on any atom is -0.391 e. The van der Waals surface area contributed by atoms with Crippen molar-refractivity contribution in [3.05, 3.63) is 28.8 Å². The van der Waals surface area contributed by atoms with Crippen molar-refractivity contribution < 1.29 is 5.11 Å². The van der Waals surface area contributed by atoms with Crippen LogP contribution < -0.4 is 10.6 Å². The zero-order chi connectivity index (χ0) is 14.0. The molecule has 104 valence electrons. The van der Waals surface area contributed by atoms with Gasteiger partial charge in [0.1, 0.15) is 4.99 Å². The van der Waals surface area contributed by atoms with E-state index < -0.39 is 0 Å². The maximum Gasteiger partial charge on any atom is 0.106 e. The maximum absolute atomic E-state index is 10.2. The first-order valence-corrected chi connectivity index (χ1v) is 7.29. The summed E-state index contributed by atoms with van der Waals surface area (Å²) in [5, 5.41) is 10.8. The van der Waals surface area contributed by atoms with Crippen molar-refractivity contribution in [2.45, 2.75) is 37.8 Å². The Morgan fingerprint density at radius 2 is 2.11 bits per heavy atom. The molecular weight excluding hydrogens is 280 g/mol. The average molecular weight is 299 g/mol. The number of hydrogen-bond donors (Lipinski definition) is 2. The van der Waals surface area contributed by atoms with E-state index in [-0.39, 0.29) is 12.1 Å². The Labute approximate surface area is 124 Å². The zero-order valence-electron chi connectivity index (χ0n) is 11.0. The van der Waals surface area contributed by atoms with Gasteiger partial charge in [-0.15, -0.1) is 0 Å². The van der Waals surface area contributed by atoms with Crippen LogP contribution in [0.3, 0.4) is 0 Å². The highest BCUT2D eigenvalue weighted by molar-refractivity contribution is 7.80. The number of anilines is 1. The third kappa shape index (κ3) is 3.19. The minimum absolute atomic E-state index is 0.0975. The smallest absolute Gasteiger partial charge is 0.106 e. The van der Waals surface area contributed by atoms with E-state index >= 15 is 0 Å². The summed E-state index contributed by atoms with van der Waals surface area (Å²) in [4.78, 5) is 2.41. The predicted molar refractivity (Wildman–Crippen MR) is 84.0 cm³/mol. The van der Waals surface area contributed by atoms with E-state index in [2.05, 4.69) is 4.90 Å². The fourth-order valence-corrected chi connectivity index (χ4v) is 3.07. The highest BCUT2D eigenvalue weighted by Crippen LogP contribution is 2.30. The molecule has 0 aromatic heterocycles. The number of benzene rings is 1. The van der Waals surface area contributed by atoms with E-state index in [4.69, 9.17) is 29.6 Å². The molecule has 1 fully saturated rings. The number of likely N-dealkylation sites (N-methyl/N-ethyl adjacent to an activating group) is 1. The van der Waals surface area contributed by atoms with Gasteiger partial charge in [-0.2, -0.15) is 0 Å². The lowest BCUT2D eigenvalue weighted by Crippen LogP contribution is -2.44. The van der Waals surface area contributed by atoms with Crippen molar-refractivity contribution in [3.8, 4) is 0 Å². The van der Waals surface area contributed by atoms with Crippen LogP contribution in [0.25, 0.3) is 0 Å². The fourth-order valence-electron chi connectivity index (χ4n) is 2.73. The van der Waals surface area contributed by atoms with Gasteiger partial charge in [-0.25, -0.2) is 0 Å². The number of halogens is 1. The van der Waals surface area contributed by atoms with E-state index in [1.165, 1.54) is 0 Å². The van der Waals surface area contributed by atoms with Crippen LogP contribution in [0, 0.1) is 0 Å². The Morgan fingerprint density at radius 3 is 2.74 bits per heavy atom. The van der Waals surface area contributed by atoms with Gasteiger partial charge in [0, 0.05) is 23.3 Å². The van der Waals surface area contributed by atoms with Gasteiger partial charge >= 0.3 is 0 Å². The van der Waals surface area contributed by atoms with Crippen molar-refractivity contribution in [1.29, 1.82) is 0 Å². The van der Waals surface area contributed by atoms with E-state index in [0.717, 1.165) is 36.9 Å². The molecule has 0 saturated heterocycles. The van der Waals surface area contributed by atoms with Crippen LogP contribution in [0.1, 0.15) is 31.2 Å². The van der Waals surface area contributed by atoms with Crippen molar-refractivity contribution >= 4 is 34.5 Å². The molecule has 0 amide bonds. The number of hydrogen-bond acceptors (Lipinski definition) is 3. The third-order valence-electron chi connectivity index (χ3n) is 3.80. The number of rotatable bonds is 3. The van der Waals surface area contributed by atoms with Gasteiger partial charge in [0.15, 0.2) is 0 Å². The van der Waals surface area contributed by atoms with Crippen LogP contribution in [-0.4, -0.2) is 29.3 Å². The largest absolute Gasteiger partial charge is 0.391 e. The summed E-state index contributed by atoms with van der Waals surface area (Å²) in [5.74, 6) is 0. The summed E-state index contributed by atoms with van der Waals surface area (Å²) < 4.78 is 0. The van der Waals surface area contributed by atoms with E-state index in [9.17, 15) is 5.11 Å². The second kappa shape index (κ2) is 6.07. The first-order valence-electron chi connectivity index (χ1n) is 6.51. The summed E-state index contributed by atoms with van der Waals surface area (Å²) in [5.41, 5.74) is 7.47. The van der Waals surface area contributed by atoms with Gasteiger partial charge in [-0.05, 0) is 31.0 Å². The topological polar surface area (TPSA) is 49.5 Å². The monoisotopic (exact) mass is 298 g/mol. The molecule has 1 aliphatic rings. The van der Waals surface area contributed by atoms with Gasteiger partial charge in [0.25, 0.3) is 0 Å². The molecular formula is C14H19ClN2OS. The molecule has 2 rings (SSSR count). The highest BCUT2D eigenvalue weighted by Gasteiger charge is 2.28. The quantitative estimate of drug-likeness (QED) is 0.843. The van der Waals surface area contributed by atoms with Crippen LogP contribution >= 0.6 is 23.8 Å². The number of nitrogens with two attached hydrogens (primary N) is 1. The van der Waals surface area contributed by atoms with E-state index in [1.807, 2.05) is 19.2 Å². The van der Waals surface area contributed by atoms with Crippen LogP contribution in [-0.2, 0) is 0 Å². The molecule has 2 atom stereocenters. The number of aliphatic hydroxyl groups excluding tert-OH is 1. The molecule has 0 spiro atoms. The van der Waals surface area contributed by atoms with Crippen LogP contribution in [0.2, 0.25) is 5.02 Å². The molecule has 0 bridgehead atoms. The molecule has 0 heterocycles. The van der Waals surface area contributed by atoms with Gasteiger partial charge < -0.3 is 15.7 Å². The summed E-state index contributed by atoms with van der Waals surface area (Å²) in [7, 11) is 1.96. The minimum atomic E-state index is -0.308.